The van der Waals surface area contributed by atoms with E-state index in [1.165, 1.54) is 31.4 Å². The number of nitrogens with zero attached hydrogens (tertiary/aromatic N) is 1. The zero-order valence-electron chi connectivity index (χ0n) is 12.7. The first-order chi connectivity index (χ1) is 9.74. The summed E-state index contributed by atoms with van der Waals surface area (Å²) in [6, 6.07) is 8.09. The van der Waals surface area contributed by atoms with Crippen molar-refractivity contribution in [3.63, 3.8) is 0 Å². The first-order valence-electron chi connectivity index (χ1n) is 7.97. The molecule has 2 rings (SSSR count). The molecule has 0 saturated heterocycles. The van der Waals surface area contributed by atoms with Crippen LogP contribution < -0.4 is 5.32 Å². The summed E-state index contributed by atoms with van der Waals surface area (Å²) in [5.41, 5.74) is 1.19. The van der Waals surface area contributed by atoms with E-state index in [0.29, 0.717) is 6.04 Å². The van der Waals surface area contributed by atoms with Gasteiger partial charge in [0, 0.05) is 18.6 Å². The Bertz CT molecular complexity index is 386. The molecule has 0 heterocycles. The Morgan fingerprint density at radius 1 is 1.20 bits per heavy atom. The van der Waals surface area contributed by atoms with Crippen LogP contribution in [-0.4, -0.2) is 30.6 Å². The van der Waals surface area contributed by atoms with E-state index in [0.717, 1.165) is 25.6 Å². The fraction of sp³-hybridized carbons (Fsp3) is 0.647. The van der Waals surface area contributed by atoms with Crippen molar-refractivity contribution in [3.05, 3.63) is 35.6 Å². The Morgan fingerprint density at radius 3 is 2.45 bits per heavy atom. The molecule has 1 aromatic rings. The molecule has 1 aliphatic carbocycles. The maximum atomic E-state index is 13.0. The van der Waals surface area contributed by atoms with Gasteiger partial charge in [0.25, 0.3) is 0 Å². The van der Waals surface area contributed by atoms with Crippen molar-refractivity contribution < 1.29 is 4.39 Å². The van der Waals surface area contributed by atoms with Crippen LogP contribution in [-0.2, 0) is 0 Å². The van der Waals surface area contributed by atoms with Crippen LogP contribution in [0.2, 0.25) is 0 Å². The van der Waals surface area contributed by atoms with E-state index >= 15 is 0 Å². The van der Waals surface area contributed by atoms with E-state index in [1.807, 2.05) is 12.1 Å². The Labute approximate surface area is 122 Å². The highest BCUT2D eigenvalue weighted by Gasteiger charge is 2.28. The van der Waals surface area contributed by atoms with Gasteiger partial charge >= 0.3 is 0 Å². The third-order valence-corrected chi connectivity index (χ3v) is 4.00. The highest BCUT2D eigenvalue weighted by atomic mass is 19.1. The van der Waals surface area contributed by atoms with Crippen LogP contribution in [0.25, 0.3) is 0 Å². The fourth-order valence-corrected chi connectivity index (χ4v) is 2.83. The van der Waals surface area contributed by atoms with Gasteiger partial charge in [-0.1, -0.05) is 26.0 Å². The smallest absolute Gasteiger partial charge is 0.123 e. The largest absolute Gasteiger partial charge is 0.310 e. The van der Waals surface area contributed by atoms with Crippen LogP contribution in [0.3, 0.4) is 0 Å². The van der Waals surface area contributed by atoms with E-state index in [9.17, 15) is 4.39 Å². The average molecular weight is 278 g/mol. The fourth-order valence-electron chi connectivity index (χ4n) is 2.83. The molecule has 1 aromatic carbocycles. The molecule has 1 atom stereocenters. The molecule has 1 N–H and O–H groups in total. The molecule has 20 heavy (non-hydrogen) atoms. The van der Waals surface area contributed by atoms with E-state index in [1.54, 1.807) is 12.1 Å². The normalized spacial score (nSPS) is 16.6. The minimum atomic E-state index is -0.158. The molecule has 0 radical (unpaired) electrons. The van der Waals surface area contributed by atoms with Crippen molar-refractivity contribution in [2.45, 2.75) is 51.6 Å². The van der Waals surface area contributed by atoms with E-state index in [-0.39, 0.29) is 5.82 Å². The summed E-state index contributed by atoms with van der Waals surface area (Å²) in [5, 5.41) is 3.53. The maximum Gasteiger partial charge on any atom is 0.123 e. The zero-order valence-corrected chi connectivity index (χ0v) is 12.7. The number of benzene rings is 1. The second-order valence-corrected chi connectivity index (χ2v) is 5.72. The molecule has 0 spiro atoms. The lowest BCUT2D eigenvalue weighted by Crippen LogP contribution is -2.31. The molecular formula is C17H27FN2. The Hall–Kier alpha value is -0.930. The lowest BCUT2D eigenvalue weighted by Gasteiger charge is -2.25. The van der Waals surface area contributed by atoms with Crippen LogP contribution in [0, 0.1) is 5.82 Å². The molecule has 0 aliphatic heterocycles. The lowest BCUT2D eigenvalue weighted by atomic mass is 10.0. The Morgan fingerprint density at radius 2 is 1.90 bits per heavy atom. The minimum Gasteiger partial charge on any atom is -0.310 e. The summed E-state index contributed by atoms with van der Waals surface area (Å²) in [4.78, 5) is 2.62. The summed E-state index contributed by atoms with van der Waals surface area (Å²) in [6.07, 6.45) is 5.04. The predicted molar refractivity (Wildman–Crippen MR) is 82.3 cm³/mol. The third-order valence-electron chi connectivity index (χ3n) is 4.00. The molecule has 2 nitrogen and oxygen atoms in total. The van der Waals surface area contributed by atoms with Crippen molar-refractivity contribution in [1.29, 1.82) is 0 Å². The van der Waals surface area contributed by atoms with Gasteiger partial charge in [-0.15, -0.1) is 0 Å². The quantitative estimate of drug-likeness (QED) is 0.740. The average Bonchev–Trinajstić information content (AvgIpc) is 3.27. The summed E-state index contributed by atoms with van der Waals surface area (Å²) in [6.45, 7) is 7.65. The monoisotopic (exact) mass is 278 g/mol. The second-order valence-electron chi connectivity index (χ2n) is 5.72. The van der Waals surface area contributed by atoms with Gasteiger partial charge in [-0.2, -0.15) is 0 Å². The highest BCUT2D eigenvalue weighted by Crippen LogP contribution is 2.28. The van der Waals surface area contributed by atoms with Gasteiger partial charge in [0.2, 0.25) is 0 Å². The molecule has 1 saturated carbocycles. The molecule has 1 aliphatic rings. The molecule has 1 fully saturated rings. The SMILES string of the molecule is CCCN(CCC(NCC)c1ccc(F)cc1)C1CC1. The topological polar surface area (TPSA) is 15.3 Å². The van der Waals surface area contributed by atoms with Crippen LogP contribution in [0.5, 0.6) is 0 Å². The van der Waals surface area contributed by atoms with Gasteiger partial charge in [-0.05, 0) is 56.5 Å². The van der Waals surface area contributed by atoms with Gasteiger partial charge in [-0.25, -0.2) is 4.39 Å². The van der Waals surface area contributed by atoms with Gasteiger partial charge in [0.1, 0.15) is 5.82 Å². The standard InChI is InChI=1S/C17H27FN2/c1-3-12-20(16-9-10-16)13-11-17(19-4-2)14-5-7-15(18)8-6-14/h5-8,16-17,19H,3-4,9-13H2,1-2H3. The summed E-state index contributed by atoms with van der Waals surface area (Å²) in [5.74, 6) is -0.158. The number of halogens is 1. The molecule has 0 aromatic heterocycles. The van der Waals surface area contributed by atoms with E-state index in [2.05, 4.69) is 24.1 Å². The maximum absolute atomic E-state index is 13.0. The number of rotatable bonds is 9. The molecule has 3 heteroatoms. The van der Waals surface area contributed by atoms with Crippen molar-refractivity contribution in [3.8, 4) is 0 Å². The Balaban J connectivity index is 1.92. The van der Waals surface area contributed by atoms with Gasteiger partial charge in [0.05, 0.1) is 0 Å². The molecule has 0 amide bonds. The number of hydrogen-bond acceptors (Lipinski definition) is 2. The van der Waals surface area contributed by atoms with Crippen LogP contribution in [0.1, 0.15) is 51.1 Å². The van der Waals surface area contributed by atoms with Crippen LogP contribution >= 0.6 is 0 Å². The van der Waals surface area contributed by atoms with Crippen LogP contribution in [0.4, 0.5) is 4.39 Å². The summed E-state index contributed by atoms with van der Waals surface area (Å²) < 4.78 is 13.0. The van der Waals surface area contributed by atoms with Gasteiger partial charge < -0.3 is 10.2 Å². The molecule has 0 bridgehead atoms. The molecule has 112 valence electrons. The van der Waals surface area contributed by atoms with Crippen LogP contribution in [0.15, 0.2) is 24.3 Å². The summed E-state index contributed by atoms with van der Waals surface area (Å²) in [7, 11) is 0. The van der Waals surface area contributed by atoms with E-state index in [4.69, 9.17) is 0 Å². The van der Waals surface area contributed by atoms with Crippen molar-refractivity contribution >= 4 is 0 Å². The summed E-state index contributed by atoms with van der Waals surface area (Å²) >= 11 is 0. The minimum absolute atomic E-state index is 0.158. The Kier molecular flexibility index (Phi) is 5.99. The first kappa shape index (κ1) is 15.5. The zero-order chi connectivity index (χ0) is 14.4. The van der Waals surface area contributed by atoms with Crippen molar-refractivity contribution in [2.75, 3.05) is 19.6 Å². The predicted octanol–water partition coefficient (Wildman–Crippen LogP) is 3.74. The van der Waals surface area contributed by atoms with Crippen molar-refractivity contribution in [1.82, 2.24) is 10.2 Å². The lowest BCUT2D eigenvalue weighted by molar-refractivity contribution is 0.247. The number of nitrogens with one attached hydrogen (secondary N) is 1. The van der Waals surface area contributed by atoms with Gasteiger partial charge in [0.15, 0.2) is 0 Å². The highest BCUT2D eigenvalue weighted by molar-refractivity contribution is 5.20. The molecular weight excluding hydrogens is 251 g/mol. The first-order valence-corrected chi connectivity index (χ1v) is 7.97. The second kappa shape index (κ2) is 7.75. The van der Waals surface area contributed by atoms with Gasteiger partial charge in [-0.3, -0.25) is 0 Å². The molecule has 1 unspecified atom stereocenters. The number of hydrogen-bond donors (Lipinski definition) is 1. The van der Waals surface area contributed by atoms with Crippen molar-refractivity contribution in [2.24, 2.45) is 0 Å². The van der Waals surface area contributed by atoms with E-state index < -0.39 is 0 Å². The third kappa shape index (κ3) is 4.57.